The molecule has 0 spiro atoms. The first kappa shape index (κ1) is 22.3. The maximum atomic E-state index is 13.6. The van der Waals surface area contributed by atoms with Crippen molar-refractivity contribution >= 4 is 34.1 Å². The summed E-state index contributed by atoms with van der Waals surface area (Å²) in [6, 6.07) is 15.7. The zero-order chi connectivity index (χ0) is 24.5. The highest BCUT2D eigenvalue weighted by Crippen LogP contribution is 2.26. The van der Waals surface area contributed by atoms with E-state index in [2.05, 4.69) is 25.5 Å². The highest BCUT2D eigenvalue weighted by Gasteiger charge is 2.22. The van der Waals surface area contributed by atoms with Crippen LogP contribution in [0.2, 0.25) is 5.02 Å². The molecule has 0 unspecified atom stereocenters. The van der Waals surface area contributed by atoms with Crippen molar-refractivity contribution in [1.82, 2.24) is 30.0 Å². The van der Waals surface area contributed by atoms with E-state index in [4.69, 9.17) is 17.3 Å². The lowest BCUT2D eigenvalue weighted by Gasteiger charge is -2.21. The summed E-state index contributed by atoms with van der Waals surface area (Å²) in [6.07, 6.45) is 4.69. The topological polar surface area (TPSA) is 132 Å². The largest absolute Gasteiger partial charge is 0.382 e. The molecular weight excluding hydrogens is 466 g/mol. The average Bonchev–Trinajstić information content (AvgIpc) is 3.39. The number of aromatic nitrogens is 5. The normalized spacial score (nSPS) is 11.9. The summed E-state index contributed by atoms with van der Waals surface area (Å²) in [4.78, 5) is 35.3. The van der Waals surface area contributed by atoms with Crippen LogP contribution in [0.15, 0.2) is 78.0 Å². The van der Waals surface area contributed by atoms with Gasteiger partial charge in [-0.3, -0.25) is 19.3 Å². The molecule has 2 aromatic carbocycles. The first-order chi connectivity index (χ1) is 16.9. The fraction of sp³-hybridized carbons (Fsp3) is 0.0800. The number of nitrogen functional groups attached to an aromatic ring is 1. The number of pyridine rings is 1. The van der Waals surface area contributed by atoms with Crippen LogP contribution >= 0.6 is 11.6 Å². The molecule has 1 atom stereocenters. The van der Waals surface area contributed by atoms with Crippen LogP contribution in [0.4, 0.5) is 5.82 Å². The molecule has 0 bridgehead atoms. The number of carbonyl (C=O) groups is 1. The van der Waals surface area contributed by atoms with Crippen LogP contribution < -0.4 is 16.6 Å². The van der Waals surface area contributed by atoms with Gasteiger partial charge in [0.2, 0.25) is 0 Å². The van der Waals surface area contributed by atoms with E-state index in [1.54, 1.807) is 36.0 Å². The number of benzene rings is 2. The molecule has 10 heteroatoms. The number of aromatic amines is 1. The van der Waals surface area contributed by atoms with Gasteiger partial charge in [-0.1, -0.05) is 41.9 Å². The molecule has 9 nitrogen and oxygen atoms in total. The number of nitrogens with one attached hydrogen (secondary N) is 2. The van der Waals surface area contributed by atoms with Crippen LogP contribution in [0.5, 0.6) is 0 Å². The van der Waals surface area contributed by atoms with E-state index in [1.807, 2.05) is 42.5 Å². The summed E-state index contributed by atoms with van der Waals surface area (Å²) in [5, 5.41) is 10.9. The molecule has 0 aliphatic rings. The third-order valence-corrected chi connectivity index (χ3v) is 5.95. The van der Waals surface area contributed by atoms with Gasteiger partial charge in [0.25, 0.3) is 11.5 Å². The summed E-state index contributed by atoms with van der Waals surface area (Å²) in [7, 11) is 0. The van der Waals surface area contributed by atoms with E-state index in [0.29, 0.717) is 38.4 Å². The van der Waals surface area contributed by atoms with Gasteiger partial charge >= 0.3 is 0 Å². The van der Waals surface area contributed by atoms with E-state index in [-0.39, 0.29) is 17.1 Å². The highest BCUT2D eigenvalue weighted by molar-refractivity contribution is 6.35. The molecule has 35 heavy (non-hydrogen) atoms. The first-order valence-electron chi connectivity index (χ1n) is 10.8. The lowest BCUT2D eigenvalue weighted by Crippen LogP contribution is -2.33. The fourth-order valence-electron chi connectivity index (χ4n) is 3.94. The van der Waals surface area contributed by atoms with Gasteiger partial charge in [0.15, 0.2) is 11.5 Å². The van der Waals surface area contributed by atoms with E-state index >= 15 is 0 Å². The zero-order valence-corrected chi connectivity index (χ0v) is 19.3. The number of fused-ring (bicyclic) bond motifs is 1. The predicted octanol–water partition coefficient (Wildman–Crippen LogP) is 3.90. The Labute approximate surface area is 204 Å². The van der Waals surface area contributed by atoms with Crippen molar-refractivity contribution in [2.24, 2.45) is 0 Å². The number of anilines is 1. The van der Waals surface area contributed by atoms with Crippen molar-refractivity contribution in [1.29, 1.82) is 0 Å². The molecule has 0 radical (unpaired) electrons. The van der Waals surface area contributed by atoms with Crippen molar-refractivity contribution in [2.45, 2.75) is 13.0 Å². The van der Waals surface area contributed by atoms with Crippen molar-refractivity contribution < 1.29 is 4.79 Å². The van der Waals surface area contributed by atoms with Crippen molar-refractivity contribution in [3.05, 3.63) is 100.0 Å². The number of hydrogen-bond donors (Lipinski definition) is 3. The second-order valence-corrected chi connectivity index (χ2v) is 8.33. The van der Waals surface area contributed by atoms with Crippen LogP contribution in [-0.2, 0) is 0 Å². The van der Waals surface area contributed by atoms with Crippen LogP contribution in [0.1, 0.15) is 29.1 Å². The van der Waals surface area contributed by atoms with Gasteiger partial charge in [0.05, 0.1) is 34.5 Å². The maximum absolute atomic E-state index is 13.6. The average molecular weight is 486 g/mol. The Kier molecular flexibility index (Phi) is 5.76. The Morgan fingerprint density at radius 1 is 1.14 bits per heavy atom. The van der Waals surface area contributed by atoms with E-state index in [0.717, 1.165) is 0 Å². The Morgan fingerprint density at radius 3 is 2.69 bits per heavy atom. The van der Waals surface area contributed by atoms with Crippen LogP contribution in [0.25, 0.3) is 27.7 Å². The zero-order valence-electron chi connectivity index (χ0n) is 18.6. The van der Waals surface area contributed by atoms with Crippen LogP contribution in [0, 0.1) is 0 Å². The molecule has 1 amide bonds. The molecule has 174 valence electrons. The van der Waals surface area contributed by atoms with Crippen LogP contribution in [0.3, 0.4) is 0 Å². The summed E-state index contributed by atoms with van der Waals surface area (Å²) in [5.74, 6) is -0.529. The molecule has 0 saturated heterocycles. The number of nitrogens with two attached hydrogens (primary N) is 1. The minimum Gasteiger partial charge on any atom is -0.382 e. The number of H-pyrrole nitrogens is 1. The number of halogens is 1. The third-order valence-electron chi connectivity index (χ3n) is 5.64. The third kappa shape index (κ3) is 4.13. The number of nitrogens with zero attached hydrogens (tertiary/aromatic N) is 4. The van der Waals surface area contributed by atoms with Gasteiger partial charge in [0, 0.05) is 23.1 Å². The molecule has 0 aliphatic heterocycles. The second-order valence-electron chi connectivity index (χ2n) is 7.92. The lowest BCUT2D eigenvalue weighted by molar-refractivity contribution is 0.0934. The van der Waals surface area contributed by atoms with Gasteiger partial charge in [-0.2, -0.15) is 5.10 Å². The van der Waals surface area contributed by atoms with Gasteiger partial charge in [-0.05, 0) is 36.6 Å². The molecule has 4 N–H and O–H groups in total. The monoisotopic (exact) mass is 485 g/mol. The Hall–Kier alpha value is -4.50. The second kappa shape index (κ2) is 9.03. The lowest BCUT2D eigenvalue weighted by atomic mass is 10.1. The Morgan fingerprint density at radius 2 is 1.94 bits per heavy atom. The van der Waals surface area contributed by atoms with Crippen molar-refractivity contribution in [2.75, 3.05) is 5.73 Å². The van der Waals surface area contributed by atoms with E-state index in [1.165, 1.54) is 6.20 Å². The molecule has 3 aromatic heterocycles. The minimum atomic E-state index is -0.586. The summed E-state index contributed by atoms with van der Waals surface area (Å²) < 4.78 is 1.55. The number of amides is 1. The fourth-order valence-corrected chi connectivity index (χ4v) is 4.20. The molecule has 5 rings (SSSR count). The first-order valence-corrected chi connectivity index (χ1v) is 11.1. The standard InChI is InChI=1S/C25H20ClN7O2/c1-14(31-24(34)22-23(27)28-13-19(32-22)16-11-29-30-12-16)20-10-15-6-5-9-18(26)21(15)25(35)33(20)17-7-3-2-4-8-17/h2-14H,1H3,(H2,27,28)(H,29,30)(H,31,34)/t14-/m0/s1. The Balaban J connectivity index is 1.58. The number of carbonyl (C=O) groups excluding carboxylic acids is 1. The molecule has 0 saturated carbocycles. The number of para-hydroxylation sites is 1. The maximum Gasteiger partial charge on any atom is 0.274 e. The number of hydrogen-bond acceptors (Lipinski definition) is 6. The van der Waals surface area contributed by atoms with Gasteiger partial charge in [-0.25, -0.2) is 9.97 Å². The smallest absolute Gasteiger partial charge is 0.274 e. The van der Waals surface area contributed by atoms with Crippen molar-refractivity contribution in [3.8, 4) is 16.9 Å². The minimum absolute atomic E-state index is 0.00677. The van der Waals surface area contributed by atoms with Gasteiger partial charge < -0.3 is 11.1 Å². The number of rotatable bonds is 5. The molecule has 0 fully saturated rings. The summed E-state index contributed by atoms with van der Waals surface area (Å²) in [5.41, 5.74) is 8.01. The highest BCUT2D eigenvalue weighted by atomic mass is 35.5. The SMILES string of the molecule is C[C@H](NC(=O)c1nc(-c2cn[nH]c2)cnc1N)c1cc2cccc(Cl)c2c(=O)n1-c1ccccc1. The van der Waals surface area contributed by atoms with E-state index < -0.39 is 11.9 Å². The molecule has 5 aromatic rings. The molecule has 0 aliphatic carbocycles. The van der Waals surface area contributed by atoms with Crippen molar-refractivity contribution in [3.63, 3.8) is 0 Å². The quantitative estimate of drug-likeness (QED) is 0.346. The predicted molar refractivity (Wildman–Crippen MR) is 134 cm³/mol. The molecule has 3 heterocycles. The van der Waals surface area contributed by atoms with Gasteiger partial charge in [-0.15, -0.1) is 0 Å². The van der Waals surface area contributed by atoms with Crippen LogP contribution in [-0.4, -0.2) is 30.6 Å². The summed E-state index contributed by atoms with van der Waals surface area (Å²) >= 11 is 6.37. The van der Waals surface area contributed by atoms with E-state index in [9.17, 15) is 9.59 Å². The Bertz CT molecular complexity index is 1600. The molecular formula is C25H20ClN7O2. The van der Waals surface area contributed by atoms with Gasteiger partial charge in [0.1, 0.15) is 0 Å². The summed E-state index contributed by atoms with van der Waals surface area (Å²) in [6.45, 7) is 1.78.